The fourth-order valence-corrected chi connectivity index (χ4v) is 10.4. The first-order valence-corrected chi connectivity index (χ1v) is 18.4. The molecule has 16 heteroatoms. The molecule has 0 spiro atoms. The molecule has 4 atom stereocenters. The molecule has 12 nitrogen and oxygen atoms in total. The predicted molar refractivity (Wildman–Crippen MR) is 196 cm³/mol. The van der Waals surface area contributed by atoms with Crippen LogP contribution in [0.15, 0.2) is 60.5 Å². The van der Waals surface area contributed by atoms with Gasteiger partial charge in [-0.1, -0.05) is 17.7 Å². The first kappa shape index (κ1) is 33.2. The van der Waals surface area contributed by atoms with Crippen LogP contribution in [0.4, 0.5) is 5.82 Å². The number of hydrogen-bond donors (Lipinski definition) is 1. The van der Waals surface area contributed by atoms with E-state index in [1.165, 1.54) is 28.4 Å². The van der Waals surface area contributed by atoms with Crippen molar-refractivity contribution in [1.82, 2.24) is 23.7 Å². The molecular weight excluding hydrogens is 816 g/mol. The number of phenolic OH excluding ortho intramolecular Hbond substituents is 1. The molecule has 2 aliphatic heterocycles. The Labute approximate surface area is 310 Å². The summed E-state index contributed by atoms with van der Waals surface area (Å²) < 4.78 is 12.7. The highest BCUT2D eigenvalue weighted by atomic mass is 79.9. The lowest BCUT2D eigenvalue weighted by Gasteiger charge is -2.47. The lowest BCUT2D eigenvalue weighted by atomic mass is 9.56. The molecule has 2 fully saturated rings. The van der Waals surface area contributed by atoms with Gasteiger partial charge in [-0.25, -0.2) is 28.4 Å². The molecule has 1 aliphatic carbocycles. The molecule has 1 N–H and O–H groups in total. The molecule has 50 heavy (non-hydrogen) atoms. The largest absolute Gasteiger partial charge is 0.503 e. The number of amides is 2. The third kappa shape index (κ3) is 4.29. The molecule has 1 saturated heterocycles. The maximum Gasteiger partial charge on any atom is 0.347 e. The lowest BCUT2D eigenvalue weighted by molar-refractivity contribution is -0.129. The summed E-state index contributed by atoms with van der Waals surface area (Å²) in [6, 6.07) is 8.41. The molecule has 5 aromatic rings. The van der Waals surface area contributed by atoms with Gasteiger partial charge in [0.2, 0.25) is 11.8 Å². The number of phenols is 1. The molecule has 2 aromatic carbocycles. The van der Waals surface area contributed by atoms with E-state index in [0.29, 0.717) is 36.6 Å². The highest BCUT2D eigenvalue weighted by molar-refractivity contribution is 9.13. The van der Waals surface area contributed by atoms with Crippen molar-refractivity contribution < 1.29 is 19.4 Å². The van der Waals surface area contributed by atoms with E-state index < -0.39 is 46.5 Å². The third-order valence-corrected chi connectivity index (χ3v) is 14.3. The average molecular weight is 845 g/mol. The summed E-state index contributed by atoms with van der Waals surface area (Å²) in [5.74, 6) is -2.19. The van der Waals surface area contributed by atoms with Crippen LogP contribution < -0.4 is 21.0 Å². The Hall–Kier alpha value is -3.92. The highest BCUT2D eigenvalue weighted by Crippen LogP contribution is 2.63. The van der Waals surface area contributed by atoms with E-state index in [4.69, 9.17) is 21.4 Å². The van der Waals surface area contributed by atoms with Gasteiger partial charge in [-0.2, -0.15) is 5.10 Å². The minimum absolute atomic E-state index is 0.0999. The number of anilines is 1. The monoisotopic (exact) mass is 842 g/mol. The zero-order valence-electron chi connectivity index (χ0n) is 27.3. The van der Waals surface area contributed by atoms with Crippen LogP contribution >= 0.6 is 54.8 Å². The van der Waals surface area contributed by atoms with Gasteiger partial charge >= 0.3 is 11.4 Å². The van der Waals surface area contributed by atoms with Crippen LogP contribution in [-0.4, -0.2) is 47.7 Å². The van der Waals surface area contributed by atoms with Crippen LogP contribution in [-0.2, 0) is 30.2 Å². The normalized spacial score (nSPS) is 22.9. The van der Waals surface area contributed by atoms with Crippen LogP contribution in [0.5, 0.6) is 11.5 Å². The van der Waals surface area contributed by atoms with E-state index in [1.54, 1.807) is 42.1 Å². The molecule has 0 unspecified atom stereocenters. The van der Waals surface area contributed by atoms with Crippen molar-refractivity contribution in [1.29, 1.82) is 0 Å². The molecular formula is C34H29Br2ClN6O6S. The van der Waals surface area contributed by atoms with Gasteiger partial charge in [0.25, 0.3) is 0 Å². The number of carbonyl (C=O) groups excluding carboxylic acids is 2. The molecule has 1 saturated carbocycles. The van der Waals surface area contributed by atoms with Gasteiger partial charge in [0.05, 0.1) is 40.4 Å². The smallest absolute Gasteiger partial charge is 0.347 e. The van der Waals surface area contributed by atoms with Crippen molar-refractivity contribution in [3.05, 3.63) is 88.0 Å². The quantitative estimate of drug-likeness (QED) is 0.173. The molecule has 0 radical (unpaired) electrons. The Morgan fingerprint density at radius 1 is 1.08 bits per heavy atom. The number of ether oxygens (including phenoxy) is 1. The SMILES string of the molecule is COc1cc([C@H]2C3=CCn4c(=O)n(C)c(=O)n4[C@@H]3C[C@H]3C(=O)N(c4cc(-c5sc6ccc(Cl)cc6c5C)nn4C)C(=O)[C@@]23C)c(Br)c(Br)c1O. The number of rotatable bonds is 4. The maximum absolute atomic E-state index is 15.1. The number of fused-ring (bicyclic) bond motifs is 5. The minimum atomic E-state index is -1.35. The van der Waals surface area contributed by atoms with Gasteiger partial charge in [0.1, 0.15) is 11.5 Å². The summed E-state index contributed by atoms with van der Waals surface area (Å²) in [6.07, 6.45) is 1.98. The Bertz CT molecular complexity index is 2510. The standard InChI is InChI=1S/C34H29Br2ClN6O6S/c1-14-17-10-15(37)6-7-23(17)50-29(14)20-13-24(40(4)38-20)42-30(45)19-12-21-16(8-9-41-32(47)39(3)33(48)43(21)41)25(34(19,2)31(42)46)18-11-22(49-5)28(44)27(36)26(18)35/h6-8,10-11,13,19,21,25,44H,9,12H2,1-5H3/t19-,21+,25+,34+/m0/s1. The molecule has 0 bridgehead atoms. The number of methoxy groups -OCH3 is 1. The Kier molecular flexibility index (Phi) is 7.51. The van der Waals surface area contributed by atoms with Crippen LogP contribution in [0, 0.1) is 18.3 Å². The molecule has 3 aromatic heterocycles. The van der Waals surface area contributed by atoms with Crippen molar-refractivity contribution in [2.24, 2.45) is 25.4 Å². The van der Waals surface area contributed by atoms with Crippen LogP contribution in [0.2, 0.25) is 5.02 Å². The van der Waals surface area contributed by atoms with E-state index in [-0.39, 0.29) is 24.5 Å². The van der Waals surface area contributed by atoms with Gasteiger partial charge in [0.15, 0.2) is 11.5 Å². The zero-order valence-corrected chi connectivity index (χ0v) is 32.1. The summed E-state index contributed by atoms with van der Waals surface area (Å²) in [5.41, 5.74) is 0.556. The van der Waals surface area contributed by atoms with Crippen LogP contribution in [0.25, 0.3) is 20.7 Å². The van der Waals surface area contributed by atoms with E-state index in [0.717, 1.165) is 25.1 Å². The van der Waals surface area contributed by atoms with E-state index in [1.807, 2.05) is 31.2 Å². The fraction of sp³-hybridized carbons (Fsp3) is 0.324. The number of nitrogens with zero attached hydrogens (tertiary/aromatic N) is 6. The number of imide groups is 1. The van der Waals surface area contributed by atoms with Crippen molar-refractivity contribution in [3.63, 3.8) is 0 Å². The van der Waals surface area contributed by atoms with E-state index in [2.05, 4.69) is 31.9 Å². The van der Waals surface area contributed by atoms with Gasteiger partial charge < -0.3 is 9.84 Å². The minimum Gasteiger partial charge on any atom is -0.503 e. The summed E-state index contributed by atoms with van der Waals surface area (Å²) in [6.45, 7) is 3.88. The van der Waals surface area contributed by atoms with Gasteiger partial charge in [-0.05, 0) is 98.5 Å². The second-order valence-electron chi connectivity index (χ2n) is 13.1. The zero-order chi connectivity index (χ0) is 35.7. The predicted octanol–water partition coefficient (Wildman–Crippen LogP) is 6.03. The molecule has 5 heterocycles. The van der Waals surface area contributed by atoms with Gasteiger partial charge in [-0.3, -0.25) is 14.3 Å². The number of benzene rings is 2. The first-order chi connectivity index (χ1) is 23.7. The topological polar surface area (TPSA) is 134 Å². The second-order valence-corrected chi connectivity index (χ2v) is 16.2. The molecule has 8 rings (SSSR count). The maximum atomic E-state index is 15.1. The number of thiophene rings is 1. The summed E-state index contributed by atoms with van der Waals surface area (Å²) >= 11 is 15.0. The number of aromatic nitrogens is 5. The summed E-state index contributed by atoms with van der Waals surface area (Å²) in [7, 11) is 4.54. The number of aromatic hydroxyl groups is 1. The number of allylic oxidation sites excluding steroid dienone is 2. The number of hydrogen-bond acceptors (Lipinski definition) is 8. The number of aryl methyl sites for hydroxylation is 2. The van der Waals surface area contributed by atoms with E-state index in [9.17, 15) is 19.5 Å². The average Bonchev–Trinajstić information content (AvgIpc) is 3.75. The highest BCUT2D eigenvalue weighted by Gasteiger charge is 2.66. The molecule has 2 amide bonds. The van der Waals surface area contributed by atoms with Crippen LogP contribution in [0.1, 0.15) is 36.4 Å². The first-order valence-electron chi connectivity index (χ1n) is 15.6. The van der Waals surface area contributed by atoms with Crippen molar-refractivity contribution in [2.75, 3.05) is 12.0 Å². The number of halogens is 3. The Balaban J connectivity index is 1.32. The summed E-state index contributed by atoms with van der Waals surface area (Å²) in [5, 5.41) is 17.2. The van der Waals surface area contributed by atoms with Crippen molar-refractivity contribution in [3.8, 4) is 22.1 Å². The Morgan fingerprint density at radius 2 is 1.82 bits per heavy atom. The van der Waals surface area contributed by atoms with Gasteiger partial charge in [0, 0.05) is 40.3 Å². The van der Waals surface area contributed by atoms with Crippen LogP contribution in [0.3, 0.4) is 0 Å². The molecule has 3 aliphatic rings. The summed E-state index contributed by atoms with van der Waals surface area (Å²) in [4.78, 5) is 58.5. The lowest BCUT2D eigenvalue weighted by Crippen LogP contribution is -2.49. The van der Waals surface area contributed by atoms with Crippen molar-refractivity contribution >= 4 is 82.5 Å². The van der Waals surface area contributed by atoms with E-state index >= 15 is 4.79 Å². The van der Waals surface area contributed by atoms with Crippen molar-refractivity contribution in [2.45, 2.75) is 38.8 Å². The fourth-order valence-electron chi connectivity index (χ4n) is 8.14. The molecule has 258 valence electrons. The third-order valence-electron chi connectivity index (χ3n) is 10.6. The second kappa shape index (κ2) is 11.3. The van der Waals surface area contributed by atoms with Gasteiger partial charge in [-0.15, -0.1) is 11.3 Å². The number of carbonyl (C=O) groups is 2. The Morgan fingerprint density at radius 3 is 2.54 bits per heavy atom.